The van der Waals surface area contributed by atoms with E-state index < -0.39 is 6.04 Å². The molecule has 1 amide bonds. The number of carbonyl (C=O) groups excluding carboxylic acids is 2. The summed E-state index contributed by atoms with van der Waals surface area (Å²) in [4.78, 5) is 24.5. The molecule has 1 fully saturated rings. The van der Waals surface area contributed by atoms with E-state index in [-0.39, 0.29) is 11.9 Å². The number of carbonyl (C=O) groups is 2. The van der Waals surface area contributed by atoms with Gasteiger partial charge in [0.25, 0.3) is 0 Å². The van der Waals surface area contributed by atoms with Crippen LogP contribution < -0.4 is 0 Å². The topological polar surface area (TPSA) is 46.6 Å². The highest BCUT2D eigenvalue weighted by atomic mass is 16.5. The van der Waals surface area contributed by atoms with E-state index in [1.807, 2.05) is 13.0 Å². The Morgan fingerprint density at radius 1 is 1.60 bits per heavy atom. The van der Waals surface area contributed by atoms with Crippen LogP contribution in [0.15, 0.2) is 12.3 Å². The summed E-state index contributed by atoms with van der Waals surface area (Å²) in [5.41, 5.74) is 0. The minimum atomic E-state index is -0.416. The van der Waals surface area contributed by atoms with Crippen molar-refractivity contribution < 1.29 is 14.3 Å². The number of ether oxygens (including phenoxy) is 1. The maximum atomic E-state index is 11.5. The molecule has 0 aromatic heterocycles. The van der Waals surface area contributed by atoms with Crippen LogP contribution >= 0.6 is 0 Å². The Bertz CT molecular complexity index is 273. The number of hydrogen-bond acceptors (Lipinski definition) is 3. The van der Waals surface area contributed by atoms with Gasteiger partial charge in [-0.3, -0.25) is 4.79 Å². The largest absolute Gasteiger partial charge is 0.464 e. The molecule has 4 heteroatoms. The van der Waals surface area contributed by atoms with E-state index >= 15 is 0 Å². The molecule has 0 unspecified atom stereocenters. The molecular formula is C11H17NO3. The summed E-state index contributed by atoms with van der Waals surface area (Å²) in [7, 11) is 0. The Morgan fingerprint density at radius 2 is 2.33 bits per heavy atom. The van der Waals surface area contributed by atoms with Crippen LogP contribution in [0.25, 0.3) is 0 Å². The summed E-state index contributed by atoms with van der Waals surface area (Å²) in [5, 5.41) is 0. The van der Waals surface area contributed by atoms with Crippen molar-refractivity contribution in [1.82, 2.24) is 4.90 Å². The zero-order valence-electron chi connectivity index (χ0n) is 9.23. The lowest BCUT2D eigenvalue weighted by Crippen LogP contribution is -2.35. The quantitative estimate of drug-likeness (QED) is 0.661. The molecule has 1 aliphatic heterocycles. The van der Waals surface area contributed by atoms with E-state index in [1.54, 1.807) is 13.1 Å². The van der Waals surface area contributed by atoms with Crippen LogP contribution in [-0.4, -0.2) is 29.4 Å². The van der Waals surface area contributed by atoms with Crippen molar-refractivity contribution in [1.29, 1.82) is 0 Å². The smallest absolute Gasteiger partial charge is 0.329 e. The summed E-state index contributed by atoms with van der Waals surface area (Å²) >= 11 is 0. The fourth-order valence-corrected chi connectivity index (χ4v) is 1.58. The third-order valence-corrected chi connectivity index (χ3v) is 2.32. The van der Waals surface area contributed by atoms with Crippen LogP contribution in [-0.2, 0) is 14.3 Å². The van der Waals surface area contributed by atoms with Gasteiger partial charge in [-0.1, -0.05) is 13.0 Å². The minimum Gasteiger partial charge on any atom is -0.464 e. The Morgan fingerprint density at radius 3 is 2.93 bits per heavy atom. The third kappa shape index (κ3) is 2.81. The number of nitrogens with zero attached hydrogens (tertiary/aromatic N) is 1. The second kappa shape index (κ2) is 5.53. The van der Waals surface area contributed by atoms with Crippen molar-refractivity contribution in [2.75, 3.05) is 6.61 Å². The molecule has 0 bridgehead atoms. The van der Waals surface area contributed by atoms with Crippen LogP contribution in [0.3, 0.4) is 0 Å². The molecule has 0 aromatic rings. The van der Waals surface area contributed by atoms with Crippen molar-refractivity contribution >= 4 is 11.9 Å². The van der Waals surface area contributed by atoms with Crippen molar-refractivity contribution in [3.8, 4) is 0 Å². The van der Waals surface area contributed by atoms with E-state index in [1.165, 1.54) is 4.90 Å². The van der Waals surface area contributed by atoms with E-state index in [4.69, 9.17) is 4.74 Å². The van der Waals surface area contributed by atoms with Crippen molar-refractivity contribution in [3.63, 3.8) is 0 Å². The average Bonchev–Trinajstić information content (AvgIpc) is 2.57. The average molecular weight is 211 g/mol. The van der Waals surface area contributed by atoms with Crippen molar-refractivity contribution in [2.45, 2.75) is 39.2 Å². The van der Waals surface area contributed by atoms with Gasteiger partial charge in [0.1, 0.15) is 6.04 Å². The van der Waals surface area contributed by atoms with Crippen LogP contribution in [0.2, 0.25) is 0 Å². The standard InChI is InChI=1S/C11H17NO3/c1-3-5-8-12-9(6-7-10(12)13)11(14)15-4-2/h5,8-9H,3-4,6-7H2,1-2H3/t9-/m0/s1. The number of likely N-dealkylation sites (tertiary alicyclic amines) is 1. The van der Waals surface area contributed by atoms with Crippen LogP contribution in [0.4, 0.5) is 0 Å². The van der Waals surface area contributed by atoms with Gasteiger partial charge < -0.3 is 9.64 Å². The van der Waals surface area contributed by atoms with Gasteiger partial charge in [0.15, 0.2) is 0 Å². The maximum Gasteiger partial charge on any atom is 0.329 e. The summed E-state index contributed by atoms with van der Waals surface area (Å²) in [6.07, 6.45) is 5.40. The van der Waals surface area contributed by atoms with Gasteiger partial charge in [0.05, 0.1) is 6.61 Å². The van der Waals surface area contributed by atoms with Crippen LogP contribution in [0.5, 0.6) is 0 Å². The monoisotopic (exact) mass is 211 g/mol. The Kier molecular flexibility index (Phi) is 4.34. The molecular weight excluding hydrogens is 194 g/mol. The van der Waals surface area contributed by atoms with Crippen LogP contribution in [0.1, 0.15) is 33.1 Å². The molecule has 0 spiro atoms. The molecule has 1 aliphatic rings. The minimum absolute atomic E-state index is 0.00208. The fourth-order valence-electron chi connectivity index (χ4n) is 1.58. The summed E-state index contributed by atoms with van der Waals surface area (Å²) < 4.78 is 4.92. The molecule has 15 heavy (non-hydrogen) atoms. The lowest BCUT2D eigenvalue weighted by molar-refractivity contribution is -0.149. The first kappa shape index (κ1) is 11.8. The Balaban J connectivity index is 2.67. The molecule has 0 aliphatic carbocycles. The summed E-state index contributed by atoms with van der Waals surface area (Å²) in [5.74, 6) is -0.304. The second-order valence-corrected chi connectivity index (χ2v) is 3.40. The predicted octanol–water partition coefficient (Wildman–Crippen LogP) is 1.46. The zero-order chi connectivity index (χ0) is 11.3. The number of esters is 1. The fraction of sp³-hybridized carbons (Fsp3) is 0.636. The summed E-state index contributed by atoms with van der Waals surface area (Å²) in [6.45, 7) is 4.10. The number of amides is 1. The zero-order valence-corrected chi connectivity index (χ0v) is 9.23. The van der Waals surface area contributed by atoms with Crippen molar-refractivity contribution in [3.05, 3.63) is 12.3 Å². The first-order chi connectivity index (χ1) is 7.20. The second-order valence-electron chi connectivity index (χ2n) is 3.40. The lowest BCUT2D eigenvalue weighted by Gasteiger charge is -2.18. The highest BCUT2D eigenvalue weighted by Gasteiger charge is 2.35. The lowest BCUT2D eigenvalue weighted by atomic mass is 10.2. The summed E-state index contributed by atoms with van der Waals surface area (Å²) in [6, 6.07) is -0.416. The number of allylic oxidation sites excluding steroid dienone is 1. The van der Waals surface area contributed by atoms with E-state index in [0.717, 1.165) is 6.42 Å². The van der Waals surface area contributed by atoms with Gasteiger partial charge in [-0.25, -0.2) is 4.79 Å². The molecule has 0 saturated carbocycles. The molecule has 1 rings (SSSR count). The molecule has 4 nitrogen and oxygen atoms in total. The third-order valence-electron chi connectivity index (χ3n) is 2.32. The molecule has 0 aromatic carbocycles. The van der Waals surface area contributed by atoms with Gasteiger partial charge in [0, 0.05) is 12.6 Å². The Hall–Kier alpha value is -1.32. The van der Waals surface area contributed by atoms with Gasteiger partial charge in [-0.15, -0.1) is 0 Å². The highest BCUT2D eigenvalue weighted by Crippen LogP contribution is 2.20. The molecule has 0 N–H and O–H groups in total. The highest BCUT2D eigenvalue weighted by molar-refractivity contribution is 5.88. The number of hydrogen-bond donors (Lipinski definition) is 0. The van der Waals surface area contributed by atoms with Gasteiger partial charge >= 0.3 is 5.97 Å². The normalized spacial score (nSPS) is 21.3. The Labute approximate surface area is 89.9 Å². The molecule has 84 valence electrons. The van der Waals surface area contributed by atoms with E-state index in [2.05, 4.69) is 0 Å². The molecule has 0 radical (unpaired) electrons. The van der Waals surface area contributed by atoms with Crippen molar-refractivity contribution in [2.24, 2.45) is 0 Å². The van der Waals surface area contributed by atoms with Gasteiger partial charge in [0.2, 0.25) is 5.91 Å². The first-order valence-electron chi connectivity index (χ1n) is 5.35. The SMILES string of the molecule is CCC=CN1C(=O)CC[C@H]1C(=O)OCC. The van der Waals surface area contributed by atoms with E-state index in [0.29, 0.717) is 19.4 Å². The first-order valence-corrected chi connectivity index (χ1v) is 5.35. The molecule has 1 saturated heterocycles. The van der Waals surface area contributed by atoms with Gasteiger partial charge in [-0.2, -0.15) is 0 Å². The van der Waals surface area contributed by atoms with E-state index in [9.17, 15) is 9.59 Å². The number of rotatable bonds is 4. The maximum absolute atomic E-state index is 11.5. The predicted molar refractivity (Wildman–Crippen MR) is 55.9 cm³/mol. The molecule has 1 atom stereocenters. The van der Waals surface area contributed by atoms with Gasteiger partial charge in [-0.05, 0) is 19.8 Å². The molecule has 1 heterocycles. The van der Waals surface area contributed by atoms with Crippen LogP contribution in [0, 0.1) is 0 Å².